The Hall–Kier alpha value is -2.86. The summed E-state index contributed by atoms with van der Waals surface area (Å²) in [4.78, 5) is 26.2. The number of hydrogen-bond donors (Lipinski definition) is 2. The van der Waals surface area contributed by atoms with Crippen LogP contribution in [0.5, 0.6) is 0 Å². The van der Waals surface area contributed by atoms with Gasteiger partial charge in [-0.3, -0.25) is 9.59 Å². The van der Waals surface area contributed by atoms with Gasteiger partial charge < -0.3 is 15.1 Å². The average molecular weight is 368 g/mol. The molecule has 0 aliphatic rings. The maximum Gasteiger partial charge on any atom is 0.309 e. The molecule has 2 heterocycles. The van der Waals surface area contributed by atoms with E-state index < -0.39 is 11.8 Å². The summed E-state index contributed by atoms with van der Waals surface area (Å²) < 4.78 is 5.09. The fourth-order valence-corrected chi connectivity index (χ4v) is 3.53. The number of nitrogens with one attached hydrogen (secondary N) is 2. The number of carbonyl (C=O) groups excluding carboxylic acids is 2. The monoisotopic (exact) mass is 368 g/mol. The summed E-state index contributed by atoms with van der Waals surface area (Å²) in [6.07, 6.45) is 4.02. The van der Waals surface area contributed by atoms with Gasteiger partial charge in [-0.2, -0.15) is 0 Å². The average Bonchev–Trinajstić information content (AvgIpc) is 3.34. The van der Waals surface area contributed by atoms with Crippen molar-refractivity contribution < 1.29 is 14.0 Å². The molecule has 0 fully saturated rings. The van der Waals surface area contributed by atoms with Gasteiger partial charge in [-0.1, -0.05) is 30.3 Å². The SMILES string of the molecule is C[C@@H](NC(=O)C(=O)NCCc1ccc(-c2ccoc2)s1)c1ccccc1. The molecule has 0 bridgehead atoms. The number of rotatable bonds is 6. The van der Waals surface area contributed by atoms with E-state index in [0.29, 0.717) is 13.0 Å². The fourth-order valence-electron chi connectivity index (χ4n) is 2.54. The second-order valence-electron chi connectivity index (χ2n) is 5.89. The summed E-state index contributed by atoms with van der Waals surface area (Å²) in [5, 5.41) is 5.38. The Morgan fingerprint density at radius 3 is 2.62 bits per heavy atom. The van der Waals surface area contributed by atoms with E-state index in [1.165, 1.54) is 0 Å². The number of hydrogen-bond acceptors (Lipinski definition) is 4. The summed E-state index contributed by atoms with van der Waals surface area (Å²) >= 11 is 1.65. The smallest absolute Gasteiger partial charge is 0.309 e. The molecule has 1 atom stereocenters. The van der Waals surface area contributed by atoms with E-state index in [1.807, 2.05) is 55.5 Å². The van der Waals surface area contributed by atoms with Crippen LogP contribution in [0.15, 0.2) is 65.5 Å². The highest BCUT2D eigenvalue weighted by molar-refractivity contribution is 7.15. The van der Waals surface area contributed by atoms with E-state index in [-0.39, 0.29) is 6.04 Å². The van der Waals surface area contributed by atoms with Crippen molar-refractivity contribution in [3.05, 3.63) is 71.5 Å². The van der Waals surface area contributed by atoms with Gasteiger partial charge in [0.1, 0.15) is 0 Å². The lowest BCUT2D eigenvalue weighted by molar-refractivity contribution is -0.139. The van der Waals surface area contributed by atoms with Crippen LogP contribution < -0.4 is 10.6 Å². The normalized spacial score (nSPS) is 11.7. The van der Waals surface area contributed by atoms with E-state index in [1.54, 1.807) is 23.9 Å². The summed E-state index contributed by atoms with van der Waals surface area (Å²) in [5.41, 5.74) is 2.00. The van der Waals surface area contributed by atoms with Crippen molar-refractivity contribution in [2.45, 2.75) is 19.4 Å². The molecule has 0 aliphatic carbocycles. The standard InChI is InChI=1S/C20H20N2O3S/c1-14(15-5-3-2-4-6-15)22-20(24)19(23)21-11-9-17-7-8-18(26-17)16-10-12-25-13-16/h2-8,10,12-14H,9,11H2,1H3,(H,21,23)(H,22,24)/t14-/m1/s1. The molecule has 3 rings (SSSR count). The van der Waals surface area contributed by atoms with Crippen LogP contribution in [0.25, 0.3) is 10.4 Å². The molecule has 0 unspecified atom stereocenters. The van der Waals surface area contributed by atoms with Crippen LogP contribution in [0.2, 0.25) is 0 Å². The second kappa shape index (κ2) is 8.49. The largest absolute Gasteiger partial charge is 0.472 e. The molecule has 3 aromatic rings. The van der Waals surface area contributed by atoms with Gasteiger partial charge in [0.2, 0.25) is 0 Å². The zero-order chi connectivity index (χ0) is 18.4. The third-order valence-electron chi connectivity index (χ3n) is 3.98. The number of benzene rings is 1. The van der Waals surface area contributed by atoms with E-state index >= 15 is 0 Å². The Morgan fingerprint density at radius 2 is 1.88 bits per heavy atom. The van der Waals surface area contributed by atoms with Crippen LogP contribution in [0, 0.1) is 0 Å². The van der Waals surface area contributed by atoms with Crippen molar-refractivity contribution in [3.8, 4) is 10.4 Å². The van der Waals surface area contributed by atoms with Crippen LogP contribution >= 0.6 is 11.3 Å². The molecule has 0 radical (unpaired) electrons. The first kappa shape index (κ1) is 17.9. The van der Waals surface area contributed by atoms with Crippen LogP contribution in [0.1, 0.15) is 23.4 Å². The predicted octanol–water partition coefficient (Wildman–Crippen LogP) is 3.54. The lowest BCUT2D eigenvalue weighted by Crippen LogP contribution is -2.41. The molecule has 0 saturated carbocycles. The zero-order valence-corrected chi connectivity index (χ0v) is 15.2. The van der Waals surface area contributed by atoms with Crippen LogP contribution in [-0.2, 0) is 16.0 Å². The Bertz CT molecular complexity index is 856. The number of furan rings is 1. The Morgan fingerprint density at radius 1 is 1.08 bits per heavy atom. The van der Waals surface area contributed by atoms with Gasteiger partial charge in [-0.15, -0.1) is 11.3 Å². The lowest BCUT2D eigenvalue weighted by atomic mass is 10.1. The molecule has 0 saturated heterocycles. The van der Waals surface area contributed by atoms with Crippen molar-refractivity contribution in [3.63, 3.8) is 0 Å². The highest BCUT2D eigenvalue weighted by Gasteiger charge is 2.16. The minimum absolute atomic E-state index is 0.218. The molecule has 134 valence electrons. The van der Waals surface area contributed by atoms with Gasteiger partial charge in [0, 0.05) is 21.9 Å². The third-order valence-corrected chi connectivity index (χ3v) is 5.17. The molecule has 6 heteroatoms. The topological polar surface area (TPSA) is 71.3 Å². The van der Waals surface area contributed by atoms with Crippen molar-refractivity contribution >= 4 is 23.2 Å². The zero-order valence-electron chi connectivity index (χ0n) is 14.4. The maximum atomic E-state index is 12.0. The quantitative estimate of drug-likeness (QED) is 0.654. The van der Waals surface area contributed by atoms with Gasteiger partial charge >= 0.3 is 11.8 Å². The van der Waals surface area contributed by atoms with Gasteiger partial charge in [-0.25, -0.2) is 0 Å². The van der Waals surface area contributed by atoms with Gasteiger partial charge in [0.15, 0.2) is 0 Å². The highest BCUT2D eigenvalue weighted by atomic mass is 32.1. The summed E-state index contributed by atoms with van der Waals surface area (Å²) in [6, 6.07) is 15.3. The van der Waals surface area contributed by atoms with Crippen molar-refractivity contribution in [2.24, 2.45) is 0 Å². The first-order valence-electron chi connectivity index (χ1n) is 8.38. The first-order chi connectivity index (χ1) is 12.6. The molecule has 0 spiro atoms. The molecular weight excluding hydrogens is 348 g/mol. The first-order valence-corrected chi connectivity index (χ1v) is 9.20. The molecule has 2 N–H and O–H groups in total. The van der Waals surface area contributed by atoms with Crippen LogP contribution in [0.3, 0.4) is 0 Å². The summed E-state index contributed by atoms with van der Waals surface area (Å²) in [6.45, 7) is 2.26. The predicted molar refractivity (Wildman–Crippen MR) is 102 cm³/mol. The number of carbonyl (C=O) groups is 2. The molecular formula is C20H20N2O3S. The van der Waals surface area contributed by atoms with E-state index in [9.17, 15) is 9.59 Å². The fraction of sp³-hybridized carbons (Fsp3) is 0.200. The van der Waals surface area contributed by atoms with E-state index in [2.05, 4.69) is 10.6 Å². The van der Waals surface area contributed by atoms with Crippen molar-refractivity contribution in [1.29, 1.82) is 0 Å². The van der Waals surface area contributed by atoms with Gasteiger partial charge in [0.05, 0.1) is 18.6 Å². The highest BCUT2D eigenvalue weighted by Crippen LogP contribution is 2.28. The Balaban J connectivity index is 1.44. The number of thiophene rings is 1. The molecule has 5 nitrogen and oxygen atoms in total. The second-order valence-corrected chi connectivity index (χ2v) is 7.06. The molecule has 2 aromatic heterocycles. The molecule has 26 heavy (non-hydrogen) atoms. The minimum atomic E-state index is -0.619. The Kier molecular flexibility index (Phi) is 5.86. The van der Waals surface area contributed by atoms with Crippen molar-refractivity contribution in [2.75, 3.05) is 6.54 Å². The van der Waals surface area contributed by atoms with Crippen LogP contribution in [-0.4, -0.2) is 18.4 Å². The minimum Gasteiger partial charge on any atom is -0.472 e. The number of amides is 2. The van der Waals surface area contributed by atoms with Gasteiger partial charge in [-0.05, 0) is 37.1 Å². The summed E-state index contributed by atoms with van der Waals surface area (Å²) in [5.74, 6) is -1.23. The Labute approximate surface area is 156 Å². The third kappa shape index (κ3) is 4.61. The molecule has 0 aliphatic heterocycles. The summed E-state index contributed by atoms with van der Waals surface area (Å²) in [7, 11) is 0. The maximum absolute atomic E-state index is 12.0. The van der Waals surface area contributed by atoms with Gasteiger partial charge in [0.25, 0.3) is 0 Å². The van der Waals surface area contributed by atoms with E-state index in [4.69, 9.17) is 4.42 Å². The van der Waals surface area contributed by atoms with E-state index in [0.717, 1.165) is 20.9 Å². The molecule has 2 amide bonds. The molecule has 1 aromatic carbocycles. The van der Waals surface area contributed by atoms with Crippen LogP contribution in [0.4, 0.5) is 0 Å². The van der Waals surface area contributed by atoms with Crippen molar-refractivity contribution in [1.82, 2.24) is 10.6 Å². The lowest BCUT2D eigenvalue weighted by Gasteiger charge is -2.13.